The summed E-state index contributed by atoms with van der Waals surface area (Å²) in [6, 6.07) is 18.4. The van der Waals surface area contributed by atoms with Gasteiger partial charge in [-0.25, -0.2) is 4.68 Å². The molecule has 0 amide bonds. The zero-order chi connectivity index (χ0) is 23.5. The fourth-order valence-electron chi connectivity index (χ4n) is 5.10. The quantitative estimate of drug-likeness (QED) is 0.452. The molecule has 176 valence electrons. The summed E-state index contributed by atoms with van der Waals surface area (Å²) in [7, 11) is 0. The molecular weight excluding hydrogens is 424 g/mol. The molecule has 0 spiro atoms. The molecule has 1 aliphatic rings. The summed E-state index contributed by atoms with van der Waals surface area (Å²) in [4.78, 5) is 18.9. The van der Waals surface area contributed by atoms with E-state index in [-0.39, 0.29) is 11.6 Å². The van der Waals surface area contributed by atoms with E-state index in [2.05, 4.69) is 63.5 Å². The summed E-state index contributed by atoms with van der Waals surface area (Å²) in [6.07, 6.45) is 4.09. The van der Waals surface area contributed by atoms with Crippen molar-refractivity contribution in [2.45, 2.75) is 52.1 Å². The van der Waals surface area contributed by atoms with Crippen LogP contribution in [0.4, 0.5) is 0 Å². The lowest BCUT2D eigenvalue weighted by Gasteiger charge is -2.36. The summed E-state index contributed by atoms with van der Waals surface area (Å²) < 4.78 is 1.88. The van der Waals surface area contributed by atoms with Crippen molar-refractivity contribution >= 4 is 10.9 Å². The van der Waals surface area contributed by atoms with E-state index in [9.17, 15) is 4.79 Å². The number of aryl methyl sites for hydroxylation is 3. The topological polar surface area (TPSA) is 79.7 Å². The van der Waals surface area contributed by atoms with Gasteiger partial charge in [0.25, 0.3) is 5.56 Å². The number of hydrogen-bond donors (Lipinski definition) is 1. The Labute approximate surface area is 199 Å². The van der Waals surface area contributed by atoms with Crippen molar-refractivity contribution in [2.24, 2.45) is 5.92 Å². The number of H-pyrrole nitrogens is 1. The van der Waals surface area contributed by atoms with Crippen LogP contribution >= 0.6 is 0 Å². The SMILES string of the molecule is CCc1ccc2[nH]c(=O)c([C@H](c3nnnn3CCc3ccccc3)N3CCC[C@H](C)C3)cc2c1. The normalized spacial score (nSPS) is 17.8. The molecule has 2 atom stereocenters. The number of aromatic amines is 1. The van der Waals surface area contributed by atoms with Crippen molar-refractivity contribution in [1.29, 1.82) is 0 Å². The molecule has 0 unspecified atom stereocenters. The van der Waals surface area contributed by atoms with E-state index in [1.807, 2.05) is 35.0 Å². The van der Waals surface area contributed by atoms with Gasteiger partial charge < -0.3 is 4.98 Å². The minimum Gasteiger partial charge on any atom is -0.322 e. The molecule has 0 aliphatic carbocycles. The smallest absolute Gasteiger partial charge is 0.253 e. The van der Waals surface area contributed by atoms with Crippen LogP contribution in [0.2, 0.25) is 0 Å². The standard InChI is InChI=1S/C27H32N6O/c1-3-20-11-12-24-22(16-20)17-23(27(34)28-24)25(32-14-7-8-19(2)18-32)26-29-30-31-33(26)15-13-21-9-5-4-6-10-21/h4-6,9-12,16-17,19,25H,3,7-8,13-15,18H2,1-2H3,(H,28,34)/t19-,25+/m0/s1. The Morgan fingerprint density at radius 2 is 1.97 bits per heavy atom. The van der Waals surface area contributed by atoms with Crippen molar-refractivity contribution in [3.63, 3.8) is 0 Å². The van der Waals surface area contributed by atoms with E-state index in [0.717, 1.165) is 49.1 Å². The molecule has 5 rings (SSSR count). The predicted octanol–water partition coefficient (Wildman–Crippen LogP) is 4.14. The Morgan fingerprint density at radius 3 is 2.76 bits per heavy atom. The summed E-state index contributed by atoms with van der Waals surface area (Å²) in [6.45, 7) is 6.93. The Morgan fingerprint density at radius 1 is 1.12 bits per heavy atom. The molecule has 1 N–H and O–H groups in total. The molecule has 34 heavy (non-hydrogen) atoms. The Bertz CT molecular complexity index is 1310. The maximum absolute atomic E-state index is 13.4. The monoisotopic (exact) mass is 456 g/mol. The highest BCUT2D eigenvalue weighted by atomic mass is 16.1. The van der Waals surface area contributed by atoms with E-state index in [1.165, 1.54) is 17.5 Å². The molecule has 1 saturated heterocycles. The number of nitrogens with one attached hydrogen (secondary N) is 1. The average molecular weight is 457 g/mol. The van der Waals surface area contributed by atoms with Crippen LogP contribution in [-0.2, 0) is 19.4 Å². The van der Waals surface area contributed by atoms with Gasteiger partial charge in [-0.3, -0.25) is 9.69 Å². The lowest BCUT2D eigenvalue weighted by molar-refractivity contribution is 0.141. The zero-order valence-corrected chi connectivity index (χ0v) is 19.9. The van der Waals surface area contributed by atoms with E-state index in [1.54, 1.807) is 0 Å². The van der Waals surface area contributed by atoms with Gasteiger partial charge >= 0.3 is 0 Å². The van der Waals surface area contributed by atoms with Crippen LogP contribution < -0.4 is 5.56 Å². The van der Waals surface area contributed by atoms with Crippen LogP contribution in [0.5, 0.6) is 0 Å². The Hall–Kier alpha value is -3.32. The Kier molecular flexibility index (Phi) is 6.54. The number of benzene rings is 2. The summed E-state index contributed by atoms with van der Waals surface area (Å²) in [5.74, 6) is 1.30. The fraction of sp³-hybridized carbons (Fsp3) is 0.407. The number of pyridine rings is 1. The first-order valence-electron chi connectivity index (χ1n) is 12.3. The molecule has 2 aromatic carbocycles. The Balaban J connectivity index is 1.57. The van der Waals surface area contributed by atoms with Crippen LogP contribution in [0, 0.1) is 5.92 Å². The van der Waals surface area contributed by atoms with E-state index in [4.69, 9.17) is 0 Å². The summed E-state index contributed by atoms with van der Waals surface area (Å²) in [5, 5.41) is 13.9. The average Bonchev–Trinajstić information content (AvgIpc) is 3.32. The predicted molar refractivity (Wildman–Crippen MR) is 134 cm³/mol. The minimum absolute atomic E-state index is 0.0717. The van der Waals surface area contributed by atoms with Gasteiger partial charge in [0, 0.05) is 24.2 Å². The second-order valence-corrected chi connectivity index (χ2v) is 9.47. The first-order chi connectivity index (χ1) is 16.6. The number of hydrogen-bond acceptors (Lipinski definition) is 5. The maximum Gasteiger partial charge on any atom is 0.253 e. The number of fused-ring (bicyclic) bond motifs is 1. The van der Waals surface area contributed by atoms with Gasteiger partial charge in [-0.2, -0.15) is 0 Å². The largest absolute Gasteiger partial charge is 0.322 e. The molecule has 0 saturated carbocycles. The van der Waals surface area contributed by atoms with E-state index < -0.39 is 0 Å². The van der Waals surface area contributed by atoms with Gasteiger partial charge in [0.05, 0.1) is 0 Å². The van der Waals surface area contributed by atoms with Crippen LogP contribution in [0.3, 0.4) is 0 Å². The van der Waals surface area contributed by atoms with Crippen molar-refractivity contribution in [1.82, 2.24) is 30.1 Å². The molecule has 1 aliphatic heterocycles. The third kappa shape index (κ3) is 4.66. The highest BCUT2D eigenvalue weighted by Crippen LogP contribution is 2.31. The van der Waals surface area contributed by atoms with E-state index >= 15 is 0 Å². The molecule has 1 fully saturated rings. The van der Waals surface area contributed by atoms with Gasteiger partial charge in [-0.1, -0.05) is 50.2 Å². The highest BCUT2D eigenvalue weighted by Gasteiger charge is 2.32. The summed E-state index contributed by atoms with van der Waals surface area (Å²) >= 11 is 0. The number of rotatable bonds is 7. The lowest BCUT2D eigenvalue weighted by Crippen LogP contribution is -2.41. The number of aromatic nitrogens is 5. The molecule has 0 radical (unpaired) electrons. The van der Waals surface area contributed by atoms with Crippen LogP contribution in [0.1, 0.15) is 55.2 Å². The van der Waals surface area contributed by atoms with Crippen molar-refractivity contribution < 1.29 is 0 Å². The molecule has 0 bridgehead atoms. The minimum atomic E-state index is -0.285. The van der Waals surface area contributed by atoms with Crippen molar-refractivity contribution in [3.05, 3.63) is 87.5 Å². The van der Waals surface area contributed by atoms with Gasteiger partial charge in [-0.05, 0) is 83.3 Å². The van der Waals surface area contributed by atoms with Crippen LogP contribution in [-0.4, -0.2) is 43.2 Å². The first kappa shape index (κ1) is 22.5. The molecule has 3 heterocycles. The lowest BCUT2D eigenvalue weighted by atomic mass is 9.95. The first-order valence-corrected chi connectivity index (χ1v) is 12.3. The number of piperidine rings is 1. The van der Waals surface area contributed by atoms with Gasteiger partial charge in [0.2, 0.25) is 0 Å². The number of tetrazole rings is 1. The fourth-order valence-corrected chi connectivity index (χ4v) is 5.10. The van der Waals surface area contributed by atoms with Gasteiger partial charge in [-0.15, -0.1) is 5.10 Å². The van der Waals surface area contributed by atoms with Gasteiger partial charge in [0.1, 0.15) is 6.04 Å². The van der Waals surface area contributed by atoms with Crippen molar-refractivity contribution in [3.8, 4) is 0 Å². The second-order valence-electron chi connectivity index (χ2n) is 9.47. The zero-order valence-electron chi connectivity index (χ0n) is 19.9. The molecule has 2 aromatic heterocycles. The number of likely N-dealkylation sites (tertiary alicyclic amines) is 1. The molecule has 7 heteroatoms. The third-order valence-corrected chi connectivity index (χ3v) is 6.95. The highest BCUT2D eigenvalue weighted by molar-refractivity contribution is 5.80. The summed E-state index contributed by atoms with van der Waals surface area (Å²) in [5.41, 5.74) is 3.99. The van der Waals surface area contributed by atoms with Crippen LogP contribution in [0.15, 0.2) is 59.4 Å². The van der Waals surface area contributed by atoms with Gasteiger partial charge in [0.15, 0.2) is 5.82 Å². The van der Waals surface area contributed by atoms with Crippen molar-refractivity contribution in [2.75, 3.05) is 13.1 Å². The number of nitrogens with zero attached hydrogens (tertiary/aromatic N) is 5. The molecule has 4 aromatic rings. The molecule has 7 nitrogen and oxygen atoms in total. The van der Waals surface area contributed by atoms with Crippen LogP contribution in [0.25, 0.3) is 10.9 Å². The maximum atomic E-state index is 13.4. The third-order valence-electron chi connectivity index (χ3n) is 6.95. The van der Waals surface area contributed by atoms with E-state index in [0.29, 0.717) is 18.0 Å². The second kappa shape index (κ2) is 9.89. The molecular formula is C27H32N6O.